The van der Waals surface area contributed by atoms with Crippen LogP contribution in [-0.4, -0.2) is 23.4 Å². The summed E-state index contributed by atoms with van der Waals surface area (Å²) in [6, 6.07) is 8.12. The third-order valence-corrected chi connectivity index (χ3v) is 4.05. The average Bonchev–Trinajstić information content (AvgIpc) is 2.71. The molecule has 104 valence electrons. The van der Waals surface area contributed by atoms with Crippen molar-refractivity contribution in [3.63, 3.8) is 0 Å². The van der Waals surface area contributed by atoms with Crippen LogP contribution in [0.25, 0.3) is 0 Å². The highest BCUT2D eigenvalue weighted by atomic mass is 16.2. The smallest absolute Gasteiger partial charge is 0.254 e. The van der Waals surface area contributed by atoms with Crippen LogP contribution in [-0.2, 0) is 6.54 Å². The van der Waals surface area contributed by atoms with Gasteiger partial charge in [0.2, 0.25) is 0 Å². The lowest BCUT2D eigenvalue weighted by Crippen LogP contribution is -2.39. The molecule has 3 heteroatoms. The normalized spacial score (nSPS) is 20.1. The first-order valence-electron chi connectivity index (χ1n) is 7.36. The van der Waals surface area contributed by atoms with Crippen LogP contribution < -0.4 is 5.73 Å². The van der Waals surface area contributed by atoms with Crippen LogP contribution in [0.2, 0.25) is 0 Å². The fourth-order valence-corrected chi connectivity index (χ4v) is 2.82. The van der Waals surface area contributed by atoms with Gasteiger partial charge in [-0.2, -0.15) is 0 Å². The molecule has 1 amide bonds. The Kier molecular flexibility index (Phi) is 4.97. The van der Waals surface area contributed by atoms with E-state index < -0.39 is 0 Å². The molecule has 0 radical (unpaired) electrons. The Morgan fingerprint density at radius 1 is 1.26 bits per heavy atom. The Labute approximate surface area is 115 Å². The van der Waals surface area contributed by atoms with E-state index in [1.165, 1.54) is 12.8 Å². The summed E-state index contributed by atoms with van der Waals surface area (Å²) in [5.74, 6) is 0.178. The SMILES string of the molecule is CCC1CCCCCN1C(=O)c1ccc(CN)cc1. The predicted octanol–water partition coefficient (Wildman–Crippen LogP) is 2.94. The van der Waals surface area contributed by atoms with Crippen molar-refractivity contribution < 1.29 is 4.79 Å². The lowest BCUT2D eigenvalue weighted by Gasteiger charge is -2.29. The first-order valence-corrected chi connectivity index (χ1v) is 7.36. The van der Waals surface area contributed by atoms with Gasteiger partial charge in [-0.25, -0.2) is 0 Å². The van der Waals surface area contributed by atoms with Crippen molar-refractivity contribution >= 4 is 5.91 Å². The Morgan fingerprint density at radius 2 is 2.00 bits per heavy atom. The van der Waals surface area contributed by atoms with E-state index in [1.54, 1.807) is 0 Å². The number of rotatable bonds is 3. The lowest BCUT2D eigenvalue weighted by molar-refractivity contribution is 0.0678. The van der Waals surface area contributed by atoms with Gasteiger partial charge < -0.3 is 10.6 Å². The van der Waals surface area contributed by atoms with Gasteiger partial charge in [0.1, 0.15) is 0 Å². The van der Waals surface area contributed by atoms with E-state index in [0.29, 0.717) is 12.6 Å². The van der Waals surface area contributed by atoms with Crippen molar-refractivity contribution in [1.29, 1.82) is 0 Å². The number of hydrogen-bond acceptors (Lipinski definition) is 2. The summed E-state index contributed by atoms with van der Waals surface area (Å²) in [4.78, 5) is 14.7. The molecule has 3 nitrogen and oxygen atoms in total. The van der Waals surface area contributed by atoms with E-state index in [2.05, 4.69) is 11.8 Å². The van der Waals surface area contributed by atoms with Crippen molar-refractivity contribution in [2.45, 2.75) is 51.6 Å². The molecule has 1 aliphatic heterocycles. The van der Waals surface area contributed by atoms with Crippen LogP contribution in [0.5, 0.6) is 0 Å². The summed E-state index contributed by atoms with van der Waals surface area (Å²) < 4.78 is 0. The van der Waals surface area contributed by atoms with Gasteiger partial charge in [-0.1, -0.05) is 31.9 Å². The summed E-state index contributed by atoms with van der Waals surface area (Å²) in [7, 11) is 0. The van der Waals surface area contributed by atoms with Gasteiger partial charge in [0.25, 0.3) is 5.91 Å². The van der Waals surface area contributed by atoms with Gasteiger partial charge in [0.15, 0.2) is 0 Å². The minimum absolute atomic E-state index is 0.178. The second-order valence-electron chi connectivity index (χ2n) is 5.31. The highest BCUT2D eigenvalue weighted by Crippen LogP contribution is 2.21. The summed E-state index contributed by atoms with van der Waals surface area (Å²) in [6.45, 7) is 3.60. The maximum atomic E-state index is 12.6. The third kappa shape index (κ3) is 3.35. The van der Waals surface area contributed by atoms with E-state index >= 15 is 0 Å². The number of carbonyl (C=O) groups excluding carboxylic acids is 1. The number of carbonyl (C=O) groups is 1. The maximum absolute atomic E-state index is 12.6. The van der Waals surface area contributed by atoms with E-state index in [1.807, 2.05) is 24.3 Å². The highest BCUT2D eigenvalue weighted by molar-refractivity contribution is 5.94. The van der Waals surface area contributed by atoms with E-state index in [4.69, 9.17) is 5.73 Å². The molecule has 1 atom stereocenters. The van der Waals surface area contributed by atoms with Gasteiger partial charge >= 0.3 is 0 Å². The first kappa shape index (κ1) is 14.1. The van der Waals surface area contributed by atoms with Gasteiger partial charge in [-0.05, 0) is 37.0 Å². The number of likely N-dealkylation sites (tertiary alicyclic amines) is 1. The summed E-state index contributed by atoms with van der Waals surface area (Å²) in [5, 5.41) is 0. The summed E-state index contributed by atoms with van der Waals surface area (Å²) in [6.07, 6.45) is 5.81. The minimum atomic E-state index is 0.178. The van der Waals surface area contributed by atoms with Crippen molar-refractivity contribution in [2.24, 2.45) is 5.73 Å². The van der Waals surface area contributed by atoms with Crippen molar-refractivity contribution in [3.05, 3.63) is 35.4 Å². The zero-order chi connectivity index (χ0) is 13.7. The molecule has 1 aromatic rings. The van der Waals surface area contributed by atoms with Crippen LogP contribution in [0.15, 0.2) is 24.3 Å². The van der Waals surface area contributed by atoms with Gasteiger partial charge in [-0.15, -0.1) is 0 Å². The Hall–Kier alpha value is -1.35. The van der Waals surface area contributed by atoms with Crippen LogP contribution in [0, 0.1) is 0 Å². The van der Waals surface area contributed by atoms with Gasteiger partial charge in [0, 0.05) is 24.7 Å². The van der Waals surface area contributed by atoms with Crippen molar-refractivity contribution in [1.82, 2.24) is 4.90 Å². The Balaban J connectivity index is 2.15. The largest absolute Gasteiger partial charge is 0.336 e. The van der Waals surface area contributed by atoms with E-state index in [-0.39, 0.29) is 5.91 Å². The number of hydrogen-bond donors (Lipinski definition) is 1. The Morgan fingerprint density at radius 3 is 2.63 bits per heavy atom. The zero-order valence-corrected chi connectivity index (χ0v) is 11.8. The summed E-state index contributed by atoms with van der Waals surface area (Å²) >= 11 is 0. The number of amides is 1. The van der Waals surface area contributed by atoms with Crippen LogP contribution >= 0.6 is 0 Å². The Bertz CT molecular complexity index is 413. The maximum Gasteiger partial charge on any atom is 0.254 e. The molecule has 2 rings (SSSR count). The monoisotopic (exact) mass is 260 g/mol. The molecule has 1 heterocycles. The lowest BCUT2D eigenvalue weighted by atomic mass is 10.1. The molecule has 1 aliphatic rings. The van der Waals surface area contributed by atoms with E-state index in [9.17, 15) is 4.79 Å². The molecule has 0 aromatic heterocycles. The molecular formula is C16H24N2O. The number of benzene rings is 1. The third-order valence-electron chi connectivity index (χ3n) is 4.05. The number of nitrogens with zero attached hydrogens (tertiary/aromatic N) is 1. The molecule has 0 aliphatic carbocycles. The first-order chi connectivity index (χ1) is 9.26. The van der Waals surface area contributed by atoms with Crippen molar-refractivity contribution in [3.8, 4) is 0 Å². The molecule has 1 fully saturated rings. The predicted molar refractivity (Wildman–Crippen MR) is 77.9 cm³/mol. The topological polar surface area (TPSA) is 46.3 Å². The standard InChI is InChI=1S/C16H24N2O/c1-2-15-6-4-3-5-11-18(15)16(19)14-9-7-13(12-17)8-10-14/h7-10,15H,2-6,11-12,17H2,1H3. The molecule has 0 bridgehead atoms. The zero-order valence-electron chi connectivity index (χ0n) is 11.8. The quantitative estimate of drug-likeness (QED) is 0.908. The molecule has 2 N–H and O–H groups in total. The molecule has 1 saturated heterocycles. The van der Waals surface area contributed by atoms with Gasteiger partial charge in [0.05, 0.1) is 0 Å². The second-order valence-corrected chi connectivity index (χ2v) is 5.31. The second kappa shape index (κ2) is 6.71. The van der Waals surface area contributed by atoms with E-state index in [0.717, 1.165) is 36.9 Å². The molecule has 0 spiro atoms. The van der Waals surface area contributed by atoms with Crippen LogP contribution in [0.3, 0.4) is 0 Å². The molecule has 1 unspecified atom stereocenters. The average molecular weight is 260 g/mol. The van der Waals surface area contributed by atoms with Crippen molar-refractivity contribution in [2.75, 3.05) is 6.54 Å². The molecule has 0 saturated carbocycles. The van der Waals surface area contributed by atoms with Gasteiger partial charge in [-0.3, -0.25) is 4.79 Å². The van der Waals surface area contributed by atoms with Crippen LogP contribution in [0.1, 0.15) is 54.9 Å². The molecule has 19 heavy (non-hydrogen) atoms. The minimum Gasteiger partial charge on any atom is -0.336 e. The molecular weight excluding hydrogens is 236 g/mol. The van der Waals surface area contributed by atoms with Crippen LogP contribution in [0.4, 0.5) is 0 Å². The fraction of sp³-hybridized carbons (Fsp3) is 0.562. The summed E-state index contributed by atoms with van der Waals surface area (Å²) in [5.41, 5.74) is 7.45. The molecule has 1 aromatic carbocycles. The highest BCUT2D eigenvalue weighted by Gasteiger charge is 2.24. The fourth-order valence-electron chi connectivity index (χ4n) is 2.82. The number of nitrogens with two attached hydrogens (primary N) is 1.